The molecular formula is C44H42N4S5. The Balaban J connectivity index is 1.09. The molecular weight excluding hydrogens is 745 g/mol. The second kappa shape index (κ2) is 17.2. The van der Waals surface area contributed by atoms with Crippen LogP contribution >= 0.6 is 57.1 Å². The summed E-state index contributed by atoms with van der Waals surface area (Å²) < 4.78 is 4.65. The second-order valence-electron chi connectivity index (χ2n) is 13.5. The van der Waals surface area contributed by atoms with Gasteiger partial charge in [0.15, 0.2) is 0 Å². The van der Waals surface area contributed by atoms with E-state index in [4.69, 9.17) is 19.9 Å². The topological polar surface area (TPSA) is 51.6 Å². The highest BCUT2D eigenvalue weighted by Gasteiger charge is 2.23. The minimum atomic E-state index is 1.03. The molecule has 0 spiro atoms. The van der Waals surface area contributed by atoms with Gasteiger partial charge in [0.2, 0.25) is 0 Å². The molecule has 0 atom stereocenters. The highest BCUT2D eigenvalue weighted by Crippen LogP contribution is 2.49. The molecule has 0 radical (unpaired) electrons. The van der Waals surface area contributed by atoms with Crippen LogP contribution in [0.5, 0.6) is 0 Å². The number of thiazole rings is 4. The first-order chi connectivity index (χ1) is 26.2. The van der Waals surface area contributed by atoms with Crippen molar-refractivity contribution in [2.75, 3.05) is 0 Å². The third-order valence-corrected chi connectivity index (χ3v) is 14.7. The van der Waals surface area contributed by atoms with E-state index in [-0.39, 0.29) is 0 Å². The van der Waals surface area contributed by atoms with Crippen molar-refractivity contribution in [2.45, 2.75) is 87.8 Å². The number of rotatable bonds is 16. The summed E-state index contributed by atoms with van der Waals surface area (Å²) in [6.07, 6.45) is 21.5. The Bertz CT molecular complexity index is 2240. The average Bonchev–Trinajstić information content (AvgIpc) is 4.03. The fourth-order valence-electron chi connectivity index (χ4n) is 6.89. The predicted octanol–water partition coefficient (Wildman–Crippen LogP) is 14.9. The summed E-state index contributed by atoms with van der Waals surface area (Å²) in [7, 11) is 0. The molecule has 8 aromatic rings. The van der Waals surface area contributed by atoms with E-state index in [1.165, 1.54) is 73.6 Å². The van der Waals surface area contributed by atoms with Crippen molar-refractivity contribution < 1.29 is 0 Å². The Morgan fingerprint density at radius 3 is 1.26 bits per heavy atom. The van der Waals surface area contributed by atoms with E-state index in [1.54, 1.807) is 57.1 Å². The standard InChI is InChI=1S/C44H42N4S5/c1-3-5-7-9-11-29-13-17-31(18-14-29)21-23-33-35-41(51-25-45-35)43(37-39(33)49-27-47-37)53-44-38-40(50-28-48-38)34(36-42(44)52-26-46-36)24-22-32-19-15-30(16-20-32)12-10-8-6-4-2/h13-28H,3-12H2,1-2H3/b23-21+,24-22+. The zero-order valence-electron chi connectivity index (χ0n) is 30.1. The first kappa shape index (κ1) is 36.3. The van der Waals surface area contributed by atoms with Crippen LogP contribution in [0.25, 0.3) is 65.2 Å². The maximum Gasteiger partial charge on any atom is 0.0973 e. The van der Waals surface area contributed by atoms with Crippen molar-refractivity contribution >= 4 is 122 Å². The molecule has 0 unspecified atom stereocenters. The Kier molecular flexibility index (Phi) is 11.7. The Labute approximate surface area is 331 Å². The molecule has 53 heavy (non-hydrogen) atoms. The third kappa shape index (κ3) is 7.91. The van der Waals surface area contributed by atoms with E-state index in [2.05, 4.69) is 86.7 Å². The first-order valence-electron chi connectivity index (χ1n) is 18.7. The number of hydrogen-bond donors (Lipinski definition) is 0. The Morgan fingerprint density at radius 1 is 0.453 bits per heavy atom. The molecule has 9 heteroatoms. The lowest BCUT2D eigenvalue weighted by atomic mass is 10.0. The van der Waals surface area contributed by atoms with E-state index in [1.807, 2.05) is 22.0 Å². The molecule has 0 aliphatic rings. The summed E-state index contributed by atoms with van der Waals surface area (Å²) in [5.74, 6) is 0. The van der Waals surface area contributed by atoms with Crippen LogP contribution in [-0.2, 0) is 12.8 Å². The van der Waals surface area contributed by atoms with Crippen LogP contribution in [0.4, 0.5) is 0 Å². The van der Waals surface area contributed by atoms with Gasteiger partial charge in [-0.15, -0.1) is 45.3 Å². The minimum absolute atomic E-state index is 1.03. The normalized spacial score (nSPS) is 12.3. The quantitative estimate of drug-likeness (QED) is 0.0721. The smallest absolute Gasteiger partial charge is 0.0973 e. The van der Waals surface area contributed by atoms with E-state index in [0.717, 1.165) is 74.6 Å². The van der Waals surface area contributed by atoms with Crippen LogP contribution in [0.2, 0.25) is 0 Å². The first-order valence-corrected chi connectivity index (χ1v) is 23.0. The lowest BCUT2D eigenvalue weighted by molar-refractivity contribution is 0.667. The molecule has 0 aliphatic heterocycles. The molecule has 0 amide bonds. The summed E-state index contributed by atoms with van der Waals surface area (Å²) in [6, 6.07) is 18.1. The van der Waals surface area contributed by atoms with Gasteiger partial charge in [-0.1, -0.05) is 137 Å². The summed E-state index contributed by atoms with van der Waals surface area (Å²) in [5.41, 5.74) is 19.5. The largest absolute Gasteiger partial charge is 0.244 e. The highest BCUT2D eigenvalue weighted by molar-refractivity contribution is 8.00. The lowest BCUT2D eigenvalue weighted by Crippen LogP contribution is -1.88. The maximum absolute atomic E-state index is 4.96. The number of benzene rings is 4. The number of nitrogens with zero attached hydrogens (tertiary/aromatic N) is 4. The number of hydrogen-bond acceptors (Lipinski definition) is 9. The summed E-state index contributed by atoms with van der Waals surface area (Å²) in [6.45, 7) is 4.53. The van der Waals surface area contributed by atoms with Crippen LogP contribution in [0.1, 0.15) is 98.6 Å². The molecule has 0 saturated heterocycles. The van der Waals surface area contributed by atoms with Gasteiger partial charge in [-0.05, 0) is 47.9 Å². The zero-order chi connectivity index (χ0) is 36.0. The summed E-state index contributed by atoms with van der Waals surface area (Å²) in [5, 5.41) is 0. The van der Waals surface area contributed by atoms with Gasteiger partial charge >= 0.3 is 0 Å². The van der Waals surface area contributed by atoms with Gasteiger partial charge < -0.3 is 0 Å². The van der Waals surface area contributed by atoms with Crippen molar-refractivity contribution in [3.8, 4) is 0 Å². The van der Waals surface area contributed by atoms with Gasteiger partial charge in [0.25, 0.3) is 0 Å². The fraction of sp³-hybridized carbons (Fsp3) is 0.273. The second-order valence-corrected chi connectivity index (χ2v) is 17.9. The molecule has 0 bridgehead atoms. The maximum atomic E-state index is 4.96. The molecule has 268 valence electrons. The highest BCUT2D eigenvalue weighted by atomic mass is 32.2. The predicted molar refractivity (Wildman–Crippen MR) is 236 cm³/mol. The van der Waals surface area contributed by atoms with Gasteiger partial charge in [0.05, 0.1) is 72.7 Å². The van der Waals surface area contributed by atoms with E-state index in [9.17, 15) is 0 Å². The molecule has 0 saturated carbocycles. The molecule has 4 aromatic heterocycles. The SMILES string of the molecule is CCCCCCc1ccc(/C=C/c2c3ncsc3c(Sc3c4ncsc4c(/C=C/c4ccc(CCCCCC)cc4)c4ncsc34)c3ncsc23)cc1. The number of fused-ring (bicyclic) bond motifs is 4. The van der Waals surface area contributed by atoms with Gasteiger partial charge in [-0.25, -0.2) is 19.9 Å². The van der Waals surface area contributed by atoms with Gasteiger partial charge in [0.1, 0.15) is 0 Å². The van der Waals surface area contributed by atoms with Gasteiger partial charge in [-0.3, -0.25) is 0 Å². The molecule has 0 fully saturated rings. The van der Waals surface area contributed by atoms with Crippen molar-refractivity contribution in [2.24, 2.45) is 0 Å². The third-order valence-electron chi connectivity index (χ3n) is 9.80. The summed E-state index contributed by atoms with van der Waals surface area (Å²) >= 11 is 8.53. The molecule has 0 N–H and O–H groups in total. The van der Waals surface area contributed by atoms with Crippen LogP contribution in [-0.4, -0.2) is 19.9 Å². The molecule has 4 nitrogen and oxygen atoms in total. The lowest BCUT2D eigenvalue weighted by Gasteiger charge is -2.10. The van der Waals surface area contributed by atoms with Crippen LogP contribution in [0.3, 0.4) is 0 Å². The fourth-order valence-corrected chi connectivity index (χ4v) is 11.8. The monoisotopic (exact) mass is 786 g/mol. The molecule has 8 rings (SSSR count). The number of aromatic nitrogens is 4. The summed E-state index contributed by atoms with van der Waals surface area (Å²) in [4.78, 5) is 22.1. The van der Waals surface area contributed by atoms with Gasteiger partial charge in [-0.2, -0.15) is 0 Å². The van der Waals surface area contributed by atoms with Crippen molar-refractivity contribution in [3.63, 3.8) is 0 Å². The van der Waals surface area contributed by atoms with E-state index >= 15 is 0 Å². The number of aryl methyl sites for hydroxylation is 2. The Morgan fingerprint density at radius 2 is 0.849 bits per heavy atom. The molecule has 4 heterocycles. The van der Waals surface area contributed by atoms with Crippen LogP contribution in [0, 0.1) is 0 Å². The average molecular weight is 787 g/mol. The van der Waals surface area contributed by atoms with Crippen molar-refractivity contribution in [1.82, 2.24) is 19.9 Å². The zero-order valence-corrected chi connectivity index (χ0v) is 34.2. The number of unbranched alkanes of at least 4 members (excludes halogenated alkanes) is 6. The van der Waals surface area contributed by atoms with E-state index < -0.39 is 0 Å². The molecule has 4 aromatic carbocycles. The van der Waals surface area contributed by atoms with E-state index in [0.29, 0.717) is 0 Å². The van der Waals surface area contributed by atoms with Crippen LogP contribution < -0.4 is 0 Å². The van der Waals surface area contributed by atoms with Crippen molar-refractivity contribution in [3.05, 3.63) is 104 Å². The minimum Gasteiger partial charge on any atom is -0.244 e. The van der Waals surface area contributed by atoms with Crippen LogP contribution in [0.15, 0.2) is 80.4 Å². The van der Waals surface area contributed by atoms with Crippen molar-refractivity contribution in [1.29, 1.82) is 0 Å². The Hall–Kier alpha value is -3.73. The van der Waals surface area contributed by atoms with Gasteiger partial charge in [0, 0.05) is 11.1 Å². The molecule has 0 aliphatic carbocycles.